The Hall–Kier alpha value is -3.36. The number of nitrogens with one attached hydrogen (secondary N) is 1. The van der Waals surface area contributed by atoms with Gasteiger partial charge in [0.25, 0.3) is 5.56 Å². The summed E-state index contributed by atoms with van der Waals surface area (Å²) in [7, 11) is 1.80. The highest BCUT2D eigenvalue weighted by Gasteiger charge is 2.21. The van der Waals surface area contributed by atoms with Gasteiger partial charge >= 0.3 is 0 Å². The number of aryl methyl sites for hydroxylation is 2. The standard InChI is InChI=1S/C19H19F2N5O2/c1-10-18(11(2)25(4)23-10)15-7-8-17(27)26(24-15)12(3)19(28)22-16-9-13(20)5-6-14(16)21/h5-9,12H,1-4H3,(H,22,28). The Balaban J connectivity index is 1.95. The molecule has 2 aromatic heterocycles. The van der Waals surface area contributed by atoms with Gasteiger partial charge in [-0.3, -0.25) is 14.3 Å². The highest BCUT2D eigenvalue weighted by Crippen LogP contribution is 2.24. The van der Waals surface area contributed by atoms with E-state index in [2.05, 4.69) is 15.5 Å². The normalized spacial score (nSPS) is 12.1. The van der Waals surface area contributed by atoms with E-state index in [-0.39, 0.29) is 5.69 Å². The minimum absolute atomic E-state index is 0.306. The smallest absolute Gasteiger partial charge is 0.267 e. The molecule has 0 aliphatic carbocycles. The van der Waals surface area contributed by atoms with E-state index >= 15 is 0 Å². The van der Waals surface area contributed by atoms with Gasteiger partial charge in [-0.25, -0.2) is 13.5 Å². The van der Waals surface area contributed by atoms with E-state index in [9.17, 15) is 18.4 Å². The Bertz CT molecular complexity index is 1120. The van der Waals surface area contributed by atoms with E-state index in [1.54, 1.807) is 17.8 Å². The van der Waals surface area contributed by atoms with Gasteiger partial charge in [-0.15, -0.1) is 0 Å². The number of nitrogens with zero attached hydrogens (tertiary/aromatic N) is 4. The first-order valence-corrected chi connectivity index (χ1v) is 8.55. The Morgan fingerprint density at radius 3 is 2.50 bits per heavy atom. The molecule has 28 heavy (non-hydrogen) atoms. The van der Waals surface area contributed by atoms with Gasteiger partial charge in [-0.05, 0) is 39.0 Å². The van der Waals surface area contributed by atoms with Crippen molar-refractivity contribution in [1.29, 1.82) is 0 Å². The number of carbonyl (C=O) groups excluding carboxylic acids is 1. The van der Waals surface area contributed by atoms with Crippen molar-refractivity contribution in [3.05, 3.63) is 63.7 Å². The van der Waals surface area contributed by atoms with Crippen molar-refractivity contribution < 1.29 is 13.6 Å². The molecule has 1 aromatic carbocycles. The SMILES string of the molecule is Cc1nn(C)c(C)c1-c1ccc(=O)n(C(C)C(=O)Nc2cc(F)ccc2F)n1. The summed E-state index contributed by atoms with van der Waals surface area (Å²) in [5.41, 5.74) is 2.04. The summed E-state index contributed by atoms with van der Waals surface area (Å²) in [4.78, 5) is 24.8. The van der Waals surface area contributed by atoms with Crippen LogP contribution in [0, 0.1) is 25.5 Å². The molecular weight excluding hydrogens is 368 g/mol. The molecule has 1 unspecified atom stereocenters. The van der Waals surface area contributed by atoms with E-state index in [4.69, 9.17) is 0 Å². The second-order valence-corrected chi connectivity index (χ2v) is 6.46. The topological polar surface area (TPSA) is 81.8 Å². The van der Waals surface area contributed by atoms with Crippen LogP contribution in [0.25, 0.3) is 11.3 Å². The molecule has 0 radical (unpaired) electrons. The summed E-state index contributed by atoms with van der Waals surface area (Å²) in [5.74, 6) is -2.17. The van der Waals surface area contributed by atoms with Crippen LogP contribution < -0.4 is 10.9 Å². The van der Waals surface area contributed by atoms with Crippen LogP contribution in [0.2, 0.25) is 0 Å². The van der Waals surface area contributed by atoms with Crippen LogP contribution in [0.3, 0.4) is 0 Å². The lowest BCUT2D eigenvalue weighted by Gasteiger charge is -2.15. The lowest BCUT2D eigenvalue weighted by Crippen LogP contribution is -2.33. The molecule has 3 aromatic rings. The molecule has 0 fully saturated rings. The van der Waals surface area contributed by atoms with Crippen LogP contribution in [-0.2, 0) is 11.8 Å². The van der Waals surface area contributed by atoms with E-state index in [0.29, 0.717) is 5.69 Å². The zero-order valence-corrected chi connectivity index (χ0v) is 15.8. The van der Waals surface area contributed by atoms with E-state index < -0.39 is 29.1 Å². The number of hydrogen-bond acceptors (Lipinski definition) is 4. The monoisotopic (exact) mass is 387 g/mol. The predicted molar refractivity (Wildman–Crippen MR) is 99.9 cm³/mol. The maximum Gasteiger partial charge on any atom is 0.267 e. The molecular formula is C19H19F2N5O2. The summed E-state index contributed by atoms with van der Waals surface area (Å²) >= 11 is 0. The Labute approximate surface area is 159 Å². The number of halogens is 2. The molecule has 2 heterocycles. The molecule has 146 valence electrons. The molecule has 0 aliphatic rings. The Morgan fingerprint density at radius 2 is 1.86 bits per heavy atom. The Morgan fingerprint density at radius 1 is 1.14 bits per heavy atom. The van der Waals surface area contributed by atoms with Crippen LogP contribution in [0.4, 0.5) is 14.5 Å². The van der Waals surface area contributed by atoms with Crippen molar-refractivity contribution in [2.45, 2.75) is 26.8 Å². The van der Waals surface area contributed by atoms with Crippen molar-refractivity contribution in [2.24, 2.45) is 7.05 Å². The van der Waals surface area contributed by atoms with Gasteiger partial charge in [0.15, 0.2) is 0 Å². The first kappa shape index (κ1) is 19.4. The van der Waals surface area contributed by atoms with Gasteiger partial charge < -0.3 is 5.32 Å². The molecule has 3 rings (SSSR count). The van der Waals surface area contributed by atoms with Crippen molar-refractivity contribution in [2.75, 3.05) is 5.32 Å². The van der Waals surface area contributed by atoms with Gasteiger partial charge in [0.05, 0.1) is 17.1 Å². The molecule has 7 nitrogen and oxygen atoms in total. The zero-order valence-electron chi connectivity index (χ0n) is 15.8. The highest BCUT2D eigenvalue weighted by atomic mass is 19.1. The lowest BCUT2D eigenvalue weighted by molar-refractivity contribution is -0.119. The van der Waals surface area contributed by atoms with Crippen molar-refractivity contribution in [3.8, 4) is 11.3 Å². The molecule has 1 amide bonds. The number of aromatic nitrogens is 4. The number of hydrogen-bond donors (Lipinski definition) is 1. The molecule has 1 atom stereocenters. The molecule has 0 bridgehead atoms. The van der Waals surface area contributed by atoms with Crippen LogP contribution in [0.5, 0.6) is 0 Å². The largest absolute Gasteiger partial charge is 0.322 e. The highest BCUT2D eigenvalue weighted by molar-refractivity contribution is 5.93. The third-order valence-corrected chi connectivity index (χ3v) is 4.52. The van der Waals surface area contributed by atoms with Gasteiger partial charge in [0, 0.05) is 30.4 Å². The lowest BCUT2D eigenvalue weighted by atomic mass is 10.1. The number of carbonyl (C=O) groups is 1. The van der Waals surface area contributed by atoms with Crippen molar-refractivity contribution in [1.82, 2.24) is 19.6 Å². The fourth-order valence-electron chi connectivity index (χ4n) is 2.92. The van der Waals surface area contributed by atoms with Crippen molar-refractivity contribution >= 4 is 11.6 Å². The van der Waals surface area contributed by atoms with E-state index in [1.807, 2.05) is 13.8 Å². The average molecular weight is 387 g/mol. The molecule has 0 spiro atoms. The summed E-state index contributed by atoms with van der Waals surface area (Å²) in [5, 5.41) is 10.9. The van der Waals surface area contributed by atoms with Gasteiger partial charge in [-0.2, -0.15) is 10.2 Å². The minimum Gasteiger partial charge on any atom is -0.322 e. The van der Waals surface area contributed by atoms with Gasteiger partial charge in [0.1, 0.15) is 17.7 Å². The predicted octanol–water partition coefficient (Wildman–Crippen LogP) is 2.74. The summed E-state index contributed by atoms with van der Waals surface area (Å²) in [6.45, 7) is 5.14. The maximum atomic E-state index is 13.8. The van der Waals surface area contributed by atoms with Crippen LogP contribution in [0.1, 0.15) is 24.4 Å². The third-order valence-electron chi connectivity index (χ3n) is 4.52. The van der Waals surface area contributed by atoms with Crippen LogP contribution >= 0.6 is 0 Å². The molecule has 1 N–H and O–H groups in total. The van der Waals surface area contributed by atoms with Crippen LogP contribution in [0.15, 0.2) is 35.1 Å². The maximum absolute atomic E-state index is 13.8. The molecule has 9 heteroatoms. The second kappa shape index (κ2) is 7.34. The molecule has 0 saturated heterocycles. The molecule has 0 aliphatic heterocycles. The number of anilines is 1. The quantitative estimate of drug-likeness (QED) is 0.746. The number of benzene rings is 1. The Kier molecular flexibility index (Phi) is 5.08. The first-order chi connectivity index (χ1) is 13.2. The fraction of sp³-hybridized carbons (Fsp3) is 0.263. The summed E-state index contributed by atoms with van der Waals surface area (Å²) < 4.78 is 29.8. The van der Waals surface area contributed by atoms with Gasteiger partial charge in [0.2, 0.25) is 5.91 Å². The van der Waals surface area contributed by atoms with E-state index in [1.165, 1.54) is 13.0 Å². The zero-order chi connectivity index (χ0) is 20.6. The second-order valence-electron chi connectivity index (χ2n) is 6.46. The van der Waals surface area contributed by atoms with Crippen LogP contribution in [-0.4, -0.2) is 25.5 Å². The number of amides is 1. The third kappa shape index (κ3) is 3.55. The van der Waals surface area contributed by atoms with Gasteiger partial charge in [-0.1, -0.05) is 0 Å². The van der Waals surface area contributed by atoms with Crippen molar-refractivity contribution in [3.63, 3.8) is 0 Å². The number of rotatable bonds is 4. The average Bonchev–Trinajstić information content (AvgIpc) is 2.90. The summed E-state index contributed by atoms with van der Waals surface area (Å²) in [6.07, 6.45) is 0. The molecule has 0 saturated carbocycles. The van der Waals surface area contributed by atoms with E-state index in [0.717, 1.165) is 39.8 Å². The minimum atomic E-state index is -1.05. The first-order valence-electron chi connectivity index (χ1n) is 8.55. The fourth-order valence-corrected chi connectivity index (χ4v) is 2.92. The summed E-state index contributed by atoms with van der Waals surface area (Å²) in [6, 6.07) is 4.55.